The molecule has 0 aliphatic rings. The number of amides is 1. The molecular weight excluding hydrogens is 258 g/mol. The molecule has 7 heteroatoms. The number of aromatic nitrogens is 3. The van der Waals surface area contributed by atoms with Crippen LogP contribution < -0.4 is 11.5 Å². The van der Waals surface area contributed by atoms with E-state index in [0.717, 1.165) is 0 Å². The molecule has 20 heavy (non-hydrogen) atoms. The van der Waals surface area contributed by atoms with E-state index in [4.69, 9.17) is 15.9 Å². The summed E-state index contributed by atoms with van der Waals surface area (Å²) in [5, 5.41) is 7.98. The number of nitrogen functional groups attached to an aromatic ring is 1. The Morgan fingerprint density at radius 1 is 1.20 bits per heavy atom. The van der Waals surface area contributed by atoms with Gasteiger partial charge in [-0.15, -0.1) is 5.10 Å². The molecule has 3 aromatic rings. The lowest BCUT2D eigenvalue weighted by Crippen LogP contribution is -2.11. The highest BCUT2D eigenvalue weighted by Crippen LogP contribution is 2.25. The molecule has 0 aliphatic carbocycles. The first-order valence-corrected chi connectivity index (χ1v) is 5.82. The third-order valence-electron chi connectivity index (χ3n) is 2.86. The second kappa shape index (κ2) is 4.54. The molecule has 0 atom stereocenters. The minimum atomic E-state index is -0.487. The zero-order valence-corrected chi connectivity index (χ0v) is 10.4. The van der Waals surface area contributed by atoms with E-state index < -0.39 is 5.91 Å². The van der Waals surface area contributed by atoms with Gasteiger partial charge in [0.2, 0.25) is 5.91 Å². The molecule has 0 saturated heterocycles. The van der Waals surface area contributed by atoms with Crippen molar-refractivity contribution in [3.05, 3.63) is 48.2 Å². The quantitative estimate of drug-likeness (QED) is 0.741. The van der Waals surface area contributed by atoms with Crippen molar-refractivity contribution < 1.29 is 9.21 Å². The summed E-state index contributed by atoms with van der Waals surface area (Å²) in [6.07, 6.45) is 1.54. The molecule has 0 saturated carbocycles. The van der Waals surface area contributed by atoms with Gasteiger partial charge in [-0.3, -0.25) is 4.79 Å². The van der Waals surface area contributed by atoms with Crippen LogP contribution in [0.3, 0.4) is 0 Å². The average molecular weight is 269 g/mol. The summed E-state index contributed by atoms with van der Waals surface area (Å²) in [4.78, 5) is 11.0. The molecule has 2 aromatic heterocycles. The van der Waals surface area contributed by atoms with Crippen LogP contribution in [0.5, 0.6) is 0 Å². The highest BCUT2D eigenvalue weighted by Gasteiger charge is 2.15. The van der Waals surface area contributed by atoms with Gasteiger partial charge >= 0.3 is 0 Å². The normalized spacial score (nSPS) is 10.6. The Bertz CT molecular complexity index is 744. The van der Waals surface area contributed by atoms with Crippen molar-refractivity contribution in [2.45, 2.75) is 0 Å². The van der Waals surface area contributed by atoms with Crippen LogP contribution in [0.15, 0.2) is 47.1 Å². The second-order valence-electron chi connectivity index (χ2n) is 4.12. The van der Waals surface area contributed by atoms with Gasteiger partial charge in [0.15, 0.2) is 17.3 Å². The van der Waals surface area contributed by atoms with E-state index in [1.807, 2.05) is 0 Å². The summed E-state index contributed by atoms with van der Waals surface area (Å²) in [7, 11) is 0. The molecule has 0 radical (unpaired) electrons. The number of rotatable bonds is 3. The topological polar surface area (TPSA) is 113 Å². The first-order valence-electron chi connectivity index (χ1n) is 5.82. The number of primary amides is 1. The highest BCUT2D eigenvalue weighted by molar-refractivity contribution is 5.92. The van der Waals surface area contributed by atoms with Crippen LogP contribution in [-0.2, 0) is 0 Å². The van der Waals surface area contributed by atoms with Crippen LogP contribution in [0.25, 0.3) is 17.1 Å². The number of benzene rings is 1. The van der Waals surface area contributed by atoms with Crippen LogP contribution in [0.1, 0.15) is 10.4 Å². The van der Waals surface area contributed by atoms with Gasteiger partial charge in [0.05, 0.1) is 12.0 Å². The molecule has 0 fully saturated rings. The largest absolute Gasteiger partial charge is 0.463 e. The van der Waals surface area contributed by atoms with E-state index >= 15 is 0 Å². The Hall–Kier alpha value is -3.09. The number of nitrogens with zero attached hydrogens (tertiary/aromatic N) is 3. The Morgan fingerprint density at radius 3 is 2.55 bits per heavy atom. The van der Waals surface area contributed by atoms with Crippen molar-refractivity contribution >= 4 is 11.7 Å². The summed E-state index contributed by atoms with van der Waals surface area (Å²) >= 11 is 0. The first-order chi connectivity index (χ1) is 9.66. The lowest BCUT2D eigenvalue weighted by atomic mass is 10.2. The first kappa shape index (κ1) is 12.0. The molecule has 1 amide bonds. The number of hydrogen-bond donors (Lipinski definition) is 2. The predicted molar refractivity (Wildman–Crippen MR) is 72.0 cm³/mol. The van der Waals surface area contributed by atoms with Gasteiger partial charge in [-0.25, -0.2) is 0 Å². The van der Waals surface area contributed by atoms with Crippen LogP contribution in [-0.4, -0.2) is 20.9 Å². The molecular formula is C13H11N5O2. The van der Waals surface area contributed by atoms with Crippen molar-refractivity contribution in [2.24, 2.45) is 5.73 Å². The standard InChI is InChI=1S/C13H11N5O2/c14-12-11(10-2-1-7-20-10)16-17-18(12)9-5-3-8(4-6-9)13(15)19/h1-7H,14H2,(H2,15,19). The molecule has 7 nitrogen and oxygen atoms in total. The predicted octanol–water partition coefficient (Wildman–Crippen LogP) is 1.21. The third-order valence-corrected chi connectivity index (χ3v) is 2.86. The fraction of sp³-hybridized carbons (Fsp3) is 0. The Labute approximate surface area is 113 Å². The number of carbonyl (C=O) groups excluding carboxylic acids is 1. The maximum atomic E-state index is 11.0. The van der Waals surface area contributed by atoms with Crippen molar-refractivity contribution in [1.82, 2.24) is 15.0 Å². The van der Waals surface area contributed by atoms with Gasteiger partial charge in [0.25, 0.3) is 0 Å². The molecule has 0 spiro atoms. The van der Waals surface area contributed by atoms with Gasteiger partial charge in [-0.2, -0.15) is 4.68 Å². The maximum absolute atomic E-state index is 11.0. The van der Waals surface area contributed by atoms with E-state index in [1.165, 1.54) is 10.9 Å². The number of furan rings is 1. The fourth-order valence-corrected chi connectivity index (χ4v) is 1.84. The summed E-state index contributed by atoms with van der Waals surface area (Å²) in [5.41, 5.74) is 12.8. The molecule has 0 unspecified atom stereocenters. The maximum Gasteiger partial charge on any atom is 0.248 e. The van der Waals surface area contributed by atoms with Gasteiger partial charge in [0.1, 0.15) is 0 Å². The van der Waals surface area contributed by atoms with E-state index in [2.05, 4.69) is 10.3 Å². The monoisotopic (exact) mass is 269 g/mol. The van der Waals surface area contributed by atoms with Crippen molar-refractivity contribution in [1.29, 1.82) is 0 Å². The fourth-order valence-electron chi connectivity index (χ4n) is 1.84. The van der Waals surface area contributed by atoms with Gasteiger partial charge in [0, 0.05) is 5.56 Å². The summed E-state index contributed by atoms with van der Waals surface area (Å²) < 4.78 is 6.70. The molecule has 0 aliphatic heterocycles. The molecule has 4 N–H and O–H groups in total. The Morgan fingerprint density at radius 2 is 1.95 bits per heavy atom. The lowest BCUT2D eigenvalue weighted by Gasteiger charge is -2.03. The van der Waals surface area contributed by atoms with Crippen LogP contribution in [0.2, 0.25) is 0 Å². The lowest BCUT2D eigenvalue weighted by molar-refractivity contribution is 0.100. The van der Waals surface area contributed by atoms with Crippen LogP contribution >= 0.6 is 0 Å². The minimum absolute atomic E-state index is 0.353. The van der Waals surface area contributed by atoms with Crippen LogP contribution in [0.4, 0.5) is 5.82 Å². The summed E-state index contributed by atoms with van der Waals surface area (Å²) in [6.45, 7) is 0. The van der Waals surface area contributed by atoms with Gasteiger partial charge in [-0.05, 0) is 36.4 Å². The van der Waals surface area contributed by atoms with E-state index in [9.17, 15) is 4.79 Å². The average Bonchev–Trinajstić information content (AvgIpc) is 3.08. The van der Waals surface area contributed by atoms with Crippen molar-refractivity contribution in [3.8, 4) is 17.1 Å². The highest BCUT2D eigenvalue weighted by atomic mass is 16.3. The van der Waals surface area contributed by atoms with E-state index in [1.54, 1.807) is 36.4 Å². The molecule has 2 heterocycles. The zero-order chi connectivity index (χ0) is 14.1. The summed E-state index contributed by atoms with van der Waals surface area (Å²) in [5.74, 6) is 0.411. The molecule has 1 aromatic carbocycles. The SMILES string of the molecule is NC(=O)c1ccc(-n2nnc(-c3ccco3)c2N)cc1. The van der Waals surface area contributed by atoms with Crippen molar-refractivity contribution in [2.75, 3.05) is 5.73 Å². The number of hydrogen-bond acceptors (Lipinski definition) is 5. The second-order valence-corrected chi connectivity index (χ2v) is 4.12. The smallest absolute Gasteiger partial charge is 0.248 e. The number of anilines is 1. The van der Waals surface area contributed by atoms with E-state index in [0.29, 0.717) is 28.5 Å². The molecule has 3 rings (SSSR count). The Kier molecular flexibility index (Phi) is 2.72. The molecule has 100 valence electrons. The van der Waals surface area contributed by atoms with Crippen molar-refractivity contribution in [3.63, 3.8) is 0 Å². The number of nitrogens with two attached hydrogens (primary N) is 2. The van der Waals surface area contributed by atoms with E-state index in [-0.39, 0.29) is 0 Å². The Balaban J connectivity index is 2.01. The zero-order valence-electron chi connectivity index (χ0n) is 10.4. The van der Waals surface area contributed by atoms with Crippen LogP contribution in [0, 0.1) is 0 Å². The number of carbonyl (C=O) groups is 1. The molecule has 0 bridgehead atoms. The minimum Gasteiger partial charge on any atom is -0.463 e. The van der Waals surface area contributed by atoms with Gasteiger partial charge < -0.3 is 15.9 Å². The summed E-state index contributed by atoms with van der Waals surface area (Å²) in [6, 6.07) is 10.1. The third kappa shape index (κ3) is 1.91. The van der Waals surface area contributed by atoms with Gasteiger partial charge in [-0.1, -0.05) is 5.21 Å².